The first-order valence-corrected chi connectivity index (χ1v) is 5.06. The molecule has 0 bridgehead atoms. The SMILES string of the molecule is C#CCCCC(N)C1CCOC1C. The molecule has 1 rings (SSSR count). The maximum absolute atomic E-state index is 6.06. The Labute approximate surface area is 80.8 Å². The molecule has 0 amide bonds. The maximum atomic E-state index is 6.06. The first kappa shape index (κ1) is 10.6. The van der Waals surface area contributed by atoms with Crippen LogP contribution in [0.25, 0.3) is 0 Å². The predicted octanol–water partition coefficient (Wildman–Crippen LogP) is 1.54. The molecule has 74 valence electrons. The Bertz CT molecular complexity index is 185. The summed E-state index contributed by atoms with van der Waals surface area (Å²) in [6.45, 7) is 2.98. The minimum Gasteiger partial charge on any atom is -0.378 e. The molecular formula is C11H19NO. The van der Waals surface area contributed by atoms with Crippen LogP contribution in [0.1, 0.15) is 32.6 Å². The third-order valence-electron chi connectivity index (χ3n) is 2.84. The molecule has 2 heteroatoms. The molecule has 0 aromatic rings. The largest absolute Gasteiger partial charge is 0.378 e. The van der Waals surface area contributed by atoms with Crippen LogP contribution in [-0.2, 0) is 4.74 Å². The van der Waals surface area contributed by atoms with Crippen LogP contribution in [0.2, 0.25) is 0 Å². The summed E-state index contributed by atoms with van der Waals surface area (Å²) in [6.07, 6.45) is 9.54. The molecule has 2 N–H and O–H groups in total. The normalized spacial score (nSPS) is 29.9. The first-order valence-electron chi connectivity index (χ1n) is 5.06. The first-order chi connectivity index (χ1) is 6.25. The molecule has 1 fully saturated rings. The van der Waals surface area contributed by atoms with E-state index in [1.807, 2.05) is 0 Å². The molecule has 3 unspecified atom stereocenters. The van der Waals surface area contributed by atoms with Gasteiger partial charge in [-0.05, 0) is 26.2 Å². The molecule has 0 saturated carbocycles. The highest BCUT2D eigenvalue weighted by atomic mass is 16.5. The summed E-state index contributed by atoms with van der Waals surface area (Å²) in [7, 11) is 0. The van der Waals surface area contributed by atoms with Gasteiger partial charge in [0.05, 0.1) is 6.10 Å². The van der Waals surface area contributed by atoms with Crippen LogP contribution in [0.5, 0.6) is 0 Å². The zero-order valence-electron chi connectivity index (χ0n) is 8.33. The van der Waals surface area contributed by atoms with Gasteiger partial charge in [-0.3, -0.25) is 0 Å². The van der Waals surface area contributed by atoms with Crippen molar-refractivity contribution in [2.75, 3.05) is 6.61 Å². The lowest BCUT2D eigenvalue weighted by atomic mass is 9.91. The summed E-state index contributed by atoms with van der Waals surface area (Å²) in [4.78, 5) is 0. The fraction of sp³-hybridized carbons (Fsp3) is 0.818. The number of nitrogens with two attached hydrogens (primary N) is 1. The minimum atomic E-state index is 0.269. The van der Waals surface area contributed by atoms with Crippen LogP contribution >= 0.6 is 0 Å². The van der Waals surface area contributed by atoms with Crippen molar-refractivity contribution >= 4 is 0 Å². The zero-order valence-corrected chi connectivity index (χ0v) is 8.33. The summed E-state index contributed by atoms with van der Waals surface area (Å²) >= 11 is 0. The Morgan fingerprint density at radius 3 is 3.00 bits per heavy atom. The van der Waals surface area contributed by atoms with E-state index in [1.54, 1.807) is 0 Å². The van der Waals surface area contributed by atoms with Crippen molar-refractivity contribution in [1.29, 1.82) is 0 Å². The van der Waals surface area contributed by atoms with E-state index < -0.39 is 0 Å². The second-order valence-electron chi connectivity index (χ2n) is 3.79. The summed E-state index contributed by atoms with van der Waals surface area (Å²) < 4.78 is 5.47. The Morgan fingerprint density at radius 2 is 2.46 bits per heavy atom. The van der Waals surface area contributed by atoms with Crippen molar-refractivity contribution < 1.29 is 4.74 Å². The Hall–Kier alpha value is -0.520. The number of hydrogen-bond acceptors (Lipinski definition) is 2. The van der Waals surface area contributed by atoms with E-state index in [4.69, 9.17) is 16.9 Å². The second kappa shape index (κ2) is 5.26. The Balaban J connectivity index is 2.22. The smallest absolute Gasteiger partial charge is 0.0590 e. The van der Waals surface area contributed by atoms with Gasteiger partial charge in [-0.15, -0.1) is 12.3 Å². The fourth-order valence-corrected chi connectivity index (χ4v) is 1.96. The van der Waals surface area contributed by atoms with E-state index in [0.29, 0.717) is 12.0 Å². The molecule has 0 spiro atoms. The van der Waals surface area contributed by atoms with Gasteiger partial charge < -0.3 is 10.5 Å². The second-order valence-corrected chi connectivity index (χ2v) is 3.79. The van der Waals surface area contributed by atoms with Crippen molar-refractivity contribution in [2.24, 2.45) is 11.7 Å². The van der Waals surface area contributed by atoms with Crippen molar-refractivity contribution in [2.45, 2.75) is 44.8 Å². The zero-order chi connectivity index (χ0) is 9.68. The predicted molar refractivity (Wildman–Crippen MR) is 54.2 cm³/mol. The van der Waals surface area contributed by atoms with Crippen molar-refractivity contribution in [3.8, 4) is 12.3 Å². The number of ether oxygens (including phenoxy) is 1. The van der Waals surface area contributed by atoms with E-state index >= 15 is 0 Å². The van der Waals surface area contributed by atoms with Crippen molar-refractivity contribution in [3.63, 3.8) is 0 Å². The van der Waals surface area contributed by atoms with Gasteiger partial charge in [-0.25, -0.2) is 0 Å². The van der Waals surface area contributed by atoms with Gasteiger partial charge in [-0.2, -0.15) is 0 Å². The monoisotopic (exact) mass is 181 g/mol. The van der Waals surface area contributed by atoms with Crippen LogP contribution in [0.4, 0.5) is 0 Å². The molecule has 0 aromatic carbocycles. The number of hydrogen-bond donors (Lipinski definition) is 1. The third kappa shape index (κ3) is 3.02. The topological polar surface area (TPSA) is 35.2 Å². The summed E-state index contributed by atoms with van der Waals surface area (Å²) in [5, 5.41) is 0. The van der Waals surface area contributed by atoms with E-state index in [9.17, 15) is 0 Å². The minimum absolute atomic E-state index is 0.269. The lowest BCUT2D eigenvalue weighted by molar-refractivity contribution is 0.0985. The molecule has 1 aliphatic heterocycles. The van der Waals surface area contributed by atoms with Gasteiger partial charge in [0.1, 0.15) is 0 Å². The highest BCUT2D eigenvalue weighted by molar-refractivity contribution is 4.86. The van der Waals surface area contributed by atoms with Gasteiger partial charge in [0.15, 0.2) is 0 Å². The Kier molecular flexibility index (Phi) is 4.27. The highest BCUT2D eigenvalue weighted by Gasteiger charge is 2.28. The van der Waals surface area contributed by atoms with Gasteiger partial charge in [0.25, 0.3) is 0 Å². The highest BCUT2D eigenvalue weighted by Crippen LogP contribution is 2.25. The van der Waals surface area contributed by atoms with Crippen molar-refractivity contribution in [1.82, 2.24) is 0 Å². The van der Waals surface area contributed by atoms with Crippen molar-refractivity contribution in [3.05, 3.63) is 0 Å². The number of unbranched alkanes of at least 4 members (excludes halogenated alkanes) is 1. The van der Waals surface area contributed by atoms with Crippen LogP contribution in [0.15, 0.2) is 0 Å². The van der Waals surface area contributed by atoms with Gasteiger partial charge in [0, 0.05) is 25.0 Å². The van der Waals surface area contributed by atoms with E-state index in [1.165, 1.54) is 0 Å². The lowest BCUT2D eigenvalue weighted by Gasteiger charge is -2.21. The quantitative estimate of drug-likeness (QED) is 0.527. The average molecular weight is 181 g/mol. The van der Waals surface area contributed by atoms with Crippen LogP contribution in [-0.4, -0.2) is 18.8 Å². The fourth-order valence-electron chi connectivity index (χ4n) is 1.96. The van der Waals surface area contributed by atoms with Crippen LogP contribution in [0.3, 0.4) is 0 Å². The molecule has 3 atom stereocenters. The summed E-state index contributed by atoms with van der Waals surface area (Å²) in [6, 6.07) is 0.269. The maximum Gasteiger partial charge on any atom is 0.0590 e. The third-order valence-corrected chi connectivity index (χ3v) is 2.84. The van der Waals surface area contributed by atoms with Gasteiger partial charge in [-0.1, -0.05) is 0 Å². The van der Waals surface area contributed by atoms with E-state index in [-0.39, 0.29) is 6.04 Å². The Morgan fingerprint density at radius 1 is 1.69 bits per heavy atom. The average Bonchev–Trinajstić information content (AvgIpc) is 2.52. The molecule has 0 radical (unpaired) electrons. The van der Waals surface area contributed by atoms with Gasteiger partial charge in [0.2, 0.25) is 0 Å². The summed E-state index contributed by atoms with van der Waals surface area (Å²) in [5.41, 5.74) is 6.06. The van der Waals surface area contributed by atoms with Gasteiger partial charge >= 0.3 is 0 Å². The molecule has 1 aliphatic rings. The lowest BCUT2D eigenvalue weighted by Crippen LogP contribution is -2.34. The number of rotatable bonds is 4. The molecule has 0 aliphatic carbocycles. The molecule has 1 heterocycles. The molecule has 1 saturated heterocycles. The number of terminal acetylenes is 1. The van der Waals surface area contributed by atoms with Crippen LogP contribution < -0.4 is 5.73 Å². The summed E-state index contributed by atoms with van der Waals surface area (Å²) in [5.74, 6) is 3.18. The molecule has 0 aromatic heterocycles. The molecule has 2 nitrogen and oxygen atoms in total. The van der Waals surface area contributed by atoms with E-state index in [0.717, 1.165) is 32.3 Å². The van der Waals surface area contributed by atoms with E-state index in [2.05, 4.69) is 12.8 Å². The molecule has 13 heavy (non-hydrogen) atoms. The van der Waals surface area contributed by atoms with Crippen LogP contribution in [0, 0.1) is 18.3 Å². The molecular weight excluding hydrogens is 162 g/mol. The standard InChI is InChI=1S/C11H19NO/c1-3-4-5-6-11(12)10-7-8-13-9(10)2/h1,9-11H,4-8,12H2,2H3.